The summed E-state index contributed by atoms with van der Waals surface area (Å²) in [6.07, 6.45) is 2.46. The van der Waals surface area contributed by atoms with Gasteiger partial charge >= 0.3 is 0 Å². The molecule has 0 bridgehead atoms. The molecule has 0 spiro atoms. The maximum absolute atomic E-state index is 3.89. The first-order valence-electron chi connectivity index (χ1n) is 9.51. The number of aryl methyl sites for hydroxylation is 1. The quantitative estimate of drug-likeness (QED) is 0.566. The molecule has 1 fully saturated rings. The van der Waals surface area contributed by atoms with Crippen molar-refractivity contribution in [2.24, 2.45) is 5.92 Å². The molecule has 1 aromatic heterocycles. The molecule has 2 aliphatic rings. The summed E-state index contributed by atoms with van der Waals surface area (Å²) in [4.78, 5) is 3.61. The van der Waals surface area contributed by atoms with Gasteiger partial charge in [-0.15, -0.1) is 0 Å². The van der Waals surface area contributed by atoms with Gasteiger partial charge in [0.2, 0.25) is 0 Å². The molecule has 3 aromatic rings. The monoisotopic (exact) mass is 330 g/mol. The first-order chi connectivity index (χ1) is 12.1. The normalized spacial score (nSPS) is 30.8. The van der Waals surface area contributed by atoms with Crippen molar-refractivity contribution < 1.29 is 0 Å². The average Bonchev–Trinajstić information content (AvgIpc) is 3.07. The van der Waals surface area contributed by atoms with Crippen LogP contribution in [-0.2, 0) is 0 Å². The molecule has 0 radical (unpaired) electrons. The van der Waals surface area contributed by atoms with E-state index in [0.717, 1.165) is 0 Å². The lowest BCUT2D eigenvalue weighted by Gasteiger charge is -2.45. The Kier molecular flexibility index (Phi) is 3.10. The van der Waals surface area contributed by atoms with Crippen LogP contribution < -0.4 is 5.32 Å². The molecular weight excluding hydrogens is 304 g/mol. The van der Waals surface area contributed by atoms with Gasteiger partial charge in [-0.05, 0) is 61.8 Å². The highest BCUT2D eigenvalue weighted by atomic mass is 15.0. The van der Waals surface area contributed by atoms with Crippen molar-refractivity contribution in [1.82, 2.24) is 4.98 Å². The first-order valence-corrected chi connectivity index (χ1v) is 9.51. The number of aromatic nitrogens is 1. The third-order valence-corrected chi connectivity index (χ3v) is 6.65. The van der Waals surface area contributed by atoms with Gasteiger partial charge < -0.3 is 10.3 Å². The van der Waals surface area contributed by atoms with E-state index in [1.54, 1.807) is 5.56 Å². The molecule has 1 aliphatic carbocycles. The molecule has 0 amide bonds. The van der Waals surface area contributed by atoms with Crippen LogP contribution in [0.2, 0.25) is 0 Å². The highest BCUT2D eigenvalue weighted by Gasteiger charge is 2.50. The Morgan fingerprint density at radius 1 is 1.04 bits per heavy atom. The summed E-state index contributed by atoms with van der Waals surface area (Å²) >= 11 is 0. The summed E-state index contributed by atoms with van der Waals surface area (Å²) in [5.74, 6) is 1.90. The third-order valence-electron chi connectivity index (χ3n) is 6.65. The van der Waals surface area contributed by atoms with E-state index < -0.39 is 0 Å². The van der Waals surface area contributed by atoms with Crippen molar-refractivity contribution in [3.63, 3.8) is 0 Å². The van der Waals surface area contributed by atoms with Crippen LogP contribution in [0.15, 0.2) is 48.5 Å². The summed E-state index contributed by atoms with van der Waals surface area (Å²) in [6.45, 7) is 7.12. The van der Waals surface area contributed by atoms with Crippen LogP contribution in [0.5, 0.6) is 0 Å². The molecule has 1 saturated carbocycles. The highest BCUT2D eigenvalue weighted by molar-refractivity contribution is 5.85. The summed E-state index contributed by atoms with van der Waals surface area (Å²) in [7, 11) is 0. The van der Waals surface area contributed by atoms with E-state index in [4.69, 9.17) is 0 Å². The number of para-hydroxylation sites is 2. The molecule has 0 saturated heterocycles. The Hall–Kier alpha value is -2.22. The van der Waals surface area contributed by atoms with E-state index in [2.05, 4.69) is 79.6 Å². The third kappa shape index (κ3) is 2.09. The van der Waals surface area contributed by atoms with E-state index in [0.29, 0.717) is 17.8 Å². The topological polar surface area (TPSA) is 27.8 Å². The maximum atomic E-state index is 3.89. The van der Waals surface area contributed by atoms with E-state index >= 15 is 0 Å². The highest BCUT2D eigenvalue weighted by Crippen LogP contribution is 2.57. The Morgan fingerprint density at radius 3 is 2.68 bits per heavy atom. The fraction of sp³-hybridized carbons (Fsp3) is 0.391. The largest absolute Gasteiger partial charge is 0.379 e. The molecule has 2 nitrogen and oxygen atoms in total. The number of hydrogen-bond donors (Lipinski definition) is 2. The molecule has 5 rings (SSSR count). The van der Waals surface area contributed by atoms with Crippen LogP contribution in [0, 0.1) is 12.8 Å². The second kappa shape index (κ2) is 5.14. The molecule has 2 heteroatoms. The Morgan fingerprint density at radius 2 is 1.80 bits per heavy atom. The Labute approximate surface area is 149 Å². The van der Waals surface area contributed by atoms with Crippen LogP contribution >= 0.6 is 0 Å². The minimum atomic E-state index is 0.150. The van der Waals surface area contributed by atoms with E-state index in [9.17, 15) is 0 Å². The zero-order valence-corrected chi connectivity index (χ0v) is 15.3. The number of aromatic amines is 1. The lowest BCUT2D eigenvalue weighted by molar-refractivity contribution is 0.215. The smallest absolute Gasteiger partial charge is 0.0458 e. The van der Waals surface area contributed by atoms with Gasteiger partial charge in [-0.3, -0.25) is 0 Å². The van der Waals surface area contributed by atoms with Crippen molar-refractivity contribution in [3.05, 3.63) is 65.4 Å². The molecular formula is C23H26N2. The van der Waals surface area contributed by atoms with Crippen molar-refractivity contribution in [2.45, 2.75) is 51.0 Å². The predicted molar refractivity (Wildman–Crippen MR) is 105 cm³/mol. The fourth-order valence-corrected chi connectivity index (χ4v) is 5.95. The molecule has 128 valence electrons. The van der Waals surface area contributed by atoms with E-state index in [-0.39, 0.29) is 5.54 Å². The summed E-state index contributed by atoms with van der Waals surface area (Å²) in [5, 5.41) is 5.30. The zero-order chi connectivity index (χ0) is 17.2. The molecule has 2 N–H and O–H groups in total. The Bertz CT molecular complexity index is 954. The molecule has 2 heterocycles. The van der Waals surface area contributed by atoms with Crippen LogP contribution in [0.4, 0.5) is 5.69 Å². The summed E-state index contributed by atoms with van der Waals surface area (Å²) in [5.41, 5.74) is 7.18. The first kappa shape index (κ1) is 15.1. The van der Waals surface area contributed by atoms with Gasteiger partial charge in [-0.25, -0.2) is 0 Å². The van der Waals surface area contributed by atoms with Crippen LogP contribution in [0.3, 0.4) is 0 Å². The van der Waals surface area contributed by atoms with Gasteiger partial charge in [0.1, 0.15) is 0 Å². The van der Waals surface area contributed by atoms with E-state index in [1.165, 1.54) is 40.7 Å². The maximum Gasteiger partial charge on any atom is 0.0458 e. The standard InChI is InChI=1S/C23H26N2/c1-14-12-16(21-15(2)24-19-10-6-4-8-17(19)21)13-23(3)22(14)18-9-5-7-11-20(18)25-23/h4-11,14,16,22,24-25H,12-13H2,1-3H3. The second-order valence-electron chi connectivity index (χ2n) is 8.43. The van der Waals surface area contributed by atoms with Crippen molar-refractivity contribution in [2.75, 3.05) is 5.32 Å². The van der Waals surface area contributed by atoms with Crippen LogP contribution in [-0.4, -0.2) is 10.5 Å². The number of hydrogen-bond acceptors (Lipinski definition) is 1. The number of nitrogens with one attached hydrogen (secondary N) is 2. The van der Waals surface area contributed by atoms with Crippen LogP contribution in [0.1, 0.15) is 55.3 Å². The molecule has 2 aromatic carbocycles. The number of fused-ring (bicyclic) bond motifs is 4. The SMILES string of the molecule is Cc1[nH]c2ccccc2c1C1CC(C)C2c3ccccc3NC2(C)C1. The van der Waals surface area contributed by atoms with Gasteiger partial charge in [0, 0.05) is 33.7 Å². The van der Waals surface area contributed by atoms with Gasteiger partial charge in [0.15, 0.2) is 0 Å². The lowest BCUT2D eigenvalue weighted by Crippen LogP contribution is -2.44. The van der Waals surface area contributed by atoms with Gasteiger partial charge in [-0.2, -0.15) is 0 Å². The van der Waals surface area contributed by atoms with Crippen LogP contribution in [0.25, 0.3) is 10.9 Å². The number of H-pyrrole nitrogens is 1. The summed E-state index contributed by atoms with van der Waals surface area (Å²) in [6, 6.07) is 17.7. The van der Waals surface area contributed by atoms with Gasteiger partial charge in [-0.1, -0.05) is 43.3 Å². The van der Waals surface area contributed by atoms with Crippen molar-refractivity contribution >= 4 is 16.6 Å². The van der Waals surface area contributed by atoms with Crippen molar-refractivity contribution in [3.8, 4) is 0 Å². The average molecular weight is 330 g/mol. The number of benzene rings is 2. The molecule has 4 atom stereocenters. The molecule has 1 aliphatic heterocycles. The number of rotatable bonds is 1. The fourth-order valence-electron chi connectivity index (χ4n) is 5.95. The number of anilines is 1. The van der Waals surface area contributed by atoms with Gasteiger partial charge in [0.05, 0.1) is 0 Å². The molecule has 25 heavy (non-hydrogen) atoms. The van der Waals surface area contributed by atoms with E-state index in [1.807, 2.05) is 0 Å². The minimum Gasteiger partial charge on any atom is -0.379 e. The predicted octanol–water partition coefficient (Wildman–Crippen LogP) is 5.96. The Balaban J connectivity index is 1.58. The lowest BCUT2D eigenvalue weighted by atomic mass is 9.62. The summed E-state index contributed by atoms with van der Waals surface area (Å²) < 4.78 is 0. The second-order valence-corrected chi connectivity index (χ2v) is 8.43. The molecule has 4 unspecified atom stereocenters. The minimum absolute atomic E-state index is 0.150. The van der Waals surface area contributed by atoms with Gasteiger partial charge in [0.25, 0.3) is 0 Å². The van der Waals surface area contributed by atoms with Crippen molar-refractivity contribution in [1.29, 1.82) is 0 Å². The zero-order valence-electron chi connectivity index (χ0n) is 15.3.